The van der Waals surface area contributed by atoms with Crippen molar-refractivity contribution in [3.63, 3.8) is 0 Å². The number of nitrogens with one attached hydrogen (secondary N) is 1. The summed E-state index contributed by atoms with van der Waals surface area (Å²) in [4.78, 5) is 10.6. The van der Waals surface area contributed by atoms with Crippen LogP contribution in [0.15, 0.2) is 18.2 Å². The van der Waals surface area contributed by atoms with Crippen LogP contribution in [0.25, 0.3) is 0 Å². The maximum Gasteiger partial charge on any atom is 0.333 e. The molecule has 0 saturated heterocycles. The van der Waals surface area contributed by atoms with E-state index in [2.05, 4.69) is 5.32 Å². The Morgan fingerprint density at radius 3 is 2.63 bits per heavy atom. The molecule has 6 nitrogen and oxygen atoms in total. The summed E-state index contributed by atoms with van der Waals surface area (Å²) in [7, 11) is 3.27. The summed E-state index contributed by atoms with van der Waals surface area (Å²) in [6.07, 6.45) is 0.643. The third-order valence-corrected chi connectivity index (χ3v) is 2.97. The van der Waals surface area contributed by atoms with Crippen molar-refractivity contribution >= 4 is 11.4 Å². The van der Waals surface area contributed by atoms with Crippen molar-refractivity contribution in [2.45, 2.75) is 25.9 Å². The first kappa shape index (κ1) is 15.2. The number of hydrogen-bond acceptors (Lipinski definition) is 5. The minimum atomic E-state index is -0.442. The summed E-state index contributed by atoms with van der Waals surface area (Å²) in [5.41, 5.74) is 0.0868. The monoisotopic (exact) mass is 268 g/mol. The predicted octanol–water partition coefficient (Wildman–Crippen LogP) is 2.83. The van der Waals surface area contributed by atoms with Crippen molar-refractivity contribution in [2.24, 2.45) is 0 Å². The number of para-hydroxylation sites is 1. The number of anilines is 1. The van der Waals surface area contributed by atoms with Crippen molar-refractivity contribution in [2.75, 3.05) is 26.1 Å². The molecule has 0 fully saturated rings. The summed E-state index contributed by atoms with van der Waals surface area (Å²) in [6, 6.07) is 4.96. The largest absolute Gasteiger partial charge is 0.487 e. The number of methoxy groups -OCH3 is 1. The van der Waals surface area contributed by atoms with Crippen molar-refractivity contribution in [1.82, 2.24) is 0 Å². The van der Waals surface area contributed by atoms with Gasteiger partial charge in [0, 0.05) is 20.6 Å². The molecule has 0 bridgehead atoms. The van der Waals surface area contributed by atoms with Gasteiger partial charge in [0.05, 0.1) is 17.1 Å². The normalized spacial score (nSPS) is 11.2. The van der Waals surface area contributed by atoms with Crippen molar-refractivity contribution in [1.29, 1.82) is 0 Å². The van der Waals surface area contributed by atoms with Gasteiger partial charge in [-0.3, -0.25) is 10.1 Å². The molecule has 19 heavy (non-hydrogen) atoms. The van der Waals surface area contributed by atoms with Gasteiger partial charge in [0.25, 0.3) is 0 Å². The van der Waals surface area contributed by atoms with E-state index in [0.29, 0.717) is 18.7 Å². The number of nitro groups is 1. The van der Waals surface area contributed by atoms with Gasteiger partial charge >= 0.3 is 5.69 Å². The van der Waals surface area contributed by atoms with Gasteiger partial charge in [-0.2, -0.15) is 0 Å². The lowest BCUT2D eigenvalue weighted by Crippen LogP contribution is -2.25. The van der Waals surface area contributed by atoms with Crippen molar-refractivity contribution in [3.05, 3.63) is 28.3 Å². The topological polar surface area (TPSA) is 73.6 Å². The Bertz CT molecular complexity index is 446. The van der Waals surface area contributed by atoms with Crippen LogP contribution >= 0.6 is 0 Å². The highest BCUT2D eigenvalue weighted by Crippen LogP contribution is 2.34. The molecule has 0 amide bonds. The Hall–Kier alpha value is -1.82. The maximum absolute atomic E-state index is 11.1. The number of ether oxygens (including phenoxy) is 2. The Morgan fingerprint density at radius 2 is 2.11 bits per heavy atom. The van der Waals surface area contributed by atoms with Gasteiger partial charge in [0.15, 0.2) is 5.75 Å². The van der Waals surface area contributed by atoms with Gasteiger partial charge < -0.3 is 14.8 Å². The van der Waals surface area contributed by atoms with Gasteiger partial charge in [-0.1, -0.05) is 6.07 Å². The lowest BCUT2D eigenvalue weighted by molar-refractivity contribution is -0.385. The van der Waals surface area contributed by atoms with E-state index in [9.17, 15) is 10.1 Å². The molecule has 0 aromatic heterocycles. The second-order valence-electron chi connectivity index (χ2n) is 4.72. The van der Waals surface area contributed by atoms with Crippen LogP contribution in [0.3, 0.4) is 0 Å². The van der Waals surface area contributed by atoms with E-state index < -0.39 is 4.92 Å². The molecular formula is C13H20N2O4. The SMILES string of the molecule is CNc1cccc(OCCC(C)(C)OC)c1[N+](=O)[O-]. The molecule has 1 rings (SSSR count). The average molecular weight is 268 g/mol. The fourth-order valence-electron chi connectivity index (χ4n) is 1.54. The van der Waals surface area contributed by atoms with Gasteiger partial charge in [-0.05, 0) is 26.0 Å². The minimum absolute atomic E-state index is 0.0415. The van der Waals surface area contributed by atoms with E-state index in [4.69, 9.17) is 9.47 Å². The molecule has 1 aromatic carbocycles. The fraction of sp³-hybridized carbons (Fsp3) is 0.538. The van der Waals surface area contributed by atoms with Crippen LogP contribution in [0.4, 0.5) is 11.4 Å². The van der Waals surface area contributed by atoms with Crippen LogP contribution < -0.4 is 10.1 Å². The summed E-state index contributed by atoms with van der Waals surface area (Å²) in [5, 5.41) is 13.9. The van der Waals surface area contributed by atoms with Crippen LogP contribution in [0.5, 0.6) is 5.75 Å². The lowest BCUT2D eigenvalue weighted by Gasteiger charge is -2.22. The van der Waals surface area contributed by atoms with E-state index in [1.165, 1.54) is 0 Å². The molecule has 0 radical (unpaired) electrons. The lowest BCUT2D eigenvalue weighted by atomic mass is 10.1. The highest BCUT2D eigenvalue weighted by Gasteiger charge is 2.21. The first-order chi connectivity index (χ1) is 8.91. The minimum Gasteiger partial charge on any atom is -0.487 e. The van der Waals surface area contributed by atoms with Crippen LogP contribution in [-0.4, -0.2) is 31.3 Å². The van der Waals surface area contributed by atoms with Crippen LogP contribution in [0.2, 0.25) is 0 Å². The number of rotatable bonds is 7. The number of nitrogens with zero attached hydrogens (tertiary/aromatic N) is 1. The van der Waals surface area contributed by atoms with Crippen LogP contribution in [-0.2, 0) is 4.74 Å². The fourth-order valence-corrected chi connectivity index (χ4v) is 1.54. The Labute approximate surface area is 112 Å². The Morgan fingerprint density at radius 1 is 1.42 bits per heavy atom. The molecule has 0 atom stereocenters. The molecule has 1 aromatic rings. The maximum atomic E-state index is 11.1. The molecule has 0 aliphatic rings. The number of benzene rings is 1. The second-order valence-corrected chi connectivity index (χ2v) is 4.72. The smallest absolute Gasteiger partial charge is 0.333 e. The van der Waals surface area contributed by atoms with Crippen LogP contribution in [0, 0.1) is 10.1 Å². The molecule has 0 unspecified atom stereocenters. The van der Waals surface area contributed by atoms with Gasteiger partial charge in [0.1, 0.15) is 5.69 Å². The molecule has 106 valence electrons. The molecule has 0 aliphatic heterocycles. The number of hydrogen-bond donors (Lipinski definition) is 1. The molecule has 1 N–H and O–H groups in total. The van der Waals surface area contributed by atoms with E-state index >= 15 is 0 Å². The first-order valence-corrected chi connectivity index (χ1v) is 6.04. The van der Waals surface area contributed by atoms with Gasteiger partial charge in [-0.15, -0.1) is 0 Å². The van der Waals surface area contributed by atoms with Gasteiger partial charge in [-0.25, -0.2) is 0 Å². The Kier molecular flexibility index (Phi) is 5.11. The average Bonchev–Trinajstić information content (AvgIpc) is 2.37. The highest BCUT2D eigenvalue weighted by molar-refractivity contribution is 5.68. The molecular weight excluding hydrogens is 248 g/mol. The molecule has 0 aliphatic carbocycles. The van der Waals surface area contributed by atoms with E-state index in [0.717, 1.165) is 0 Å². The third-order valence-electron chi connectivity index (χ3n) is 2.97. The van der Waals surface area contributed by atoms with E-state index in [1.807, 2.05) is 13.8 Å². The quantitative estimate of drug-likeness (QED) is 0.608. The predicted molar refractivity (Wildman–Crippen MR) is 73.8 cm³/mol. The zero-order valence-corrected chi connectivity index (χ0v) is 11.7. The molecule has 0 heterocycles. The number of nitro benzene ring substituents is 1. The van der Waals surface area contributed by atoms with Crippen molar-refractivity contribution < 1.29 is 14.4 Å². The van der Waals surface area contributed by atoms with E-state index in [1.54, 1.807) is 32.4 Å². The summed E-state index contributed by atoms with van der Waals surface area (Å²) in [5.74, 6) is 0.267. The summed E-state index contributed by atoms with van der Waals surface area (Å²) >= 11 is 0. The standard InChI is InChI=1S/C13H20N2O4/c1-13(2,18-4)8-9-19-11-7-5-6-10(14-3)12(11)15(16)17/h5-7,14H,8-9H2,1-4H3. The first-order valence-electron chi connectivity index (χ1n) is 6.04. The third kappa shape index (κ3) is 4.10. The Balaban J connectivity index is 2.81. The van der Waals surface area contributed by atoms with Gasteiger partial charge in [0.2, 0.25) is 0 Å². The molecule has 0 spiro atoms. The molecule has 6 heteroatoms. The van der Waals surface area contributed by atoms with E-state index in [-0.39, 0.29) is 17.0 Å². The highest BCUT2D eigenvalue weighted by atomic mass is 16.6. The summed E-state index contributed by atoms with van der Waals surface area (Å²) < 4.78 is 10.8. The van der Waals surface area contributed by atoms with Crippen LogP contribution in [0.1, 0.15) is 20.3 Å². The zero-order valence-electron chi connectivity index (χ0n) is 11.7. The second kappa shape index (κ2) is 6.38. The summed E-state index contributed by atoms with van der Waals surface area (Å²) in [6.45, 7) is 4.23. The van der Waals surface area contributed by atoms with Crippen molar-refractivity contribution in [3.8, 4) is 5.75 Å². The zero-order chi connectivity index (χ0) is 14.5. The molecule has 0 saturated carbocycles.